The summed E-state index contributed by atoms with van der Waals surface area (Å²) in [4.78, 5) is 15.5. The first-order valence-corrected chi connectivity index (χ1v) is 8.02. The van der Waals surface area contributed by atoms with Gasteiger partial charge in [-0.25, -0.2) is 0 Å². The summed E-state index contributed by atoms with van der Waals surface area (Å²) in [6.07, 6.45) is 1.97. The van der Waals surface area contributed by atoms with E-state index in [0.717, 1.165) is 30.9 Å². The summed E-state index contributed by atoms with van der Waals surface area (Å²) in [6.45, 7) is 8.76. The van der Waals surface area contributed by atoms with Gasteiger partial charge in [-0.2, -0.15) is 0 Å². The number of amides is 1. The highest BCUT2D eigenvalue weighted by atomic mass is 32.1. The maximum Gasteiger partial charge on any atom is 0.239 e. The minimum absolute atomic E-state index is 0.0665. The molecule has 1 aromatic rings. The zero-order valence-corrected chi connectivity index (χ0v) is 13.3. The van der Waals surface area contributed by atoms with E-state index in [-0.39, 0.29) is 12.5 Å². The summed E-state index contributed by atoms with van der Waals surface area (Å²) in [5, 5.41) is 13.1. The Labute approximate surface area is 124 Å². The van der Waals surface area contributed by atoms with E-state index in [1.807, 2.05) is 0 Å². The maximum absolute atomic E-state index is 12.1. The Balaban J connectivity index is 1.85. The van der Waals surface area contributed by atoms with Crippen molar-refractivity contribution >= 4 is 22.2 Å². The lowest BCUT2D eigenvalue weighted by Gasteiger charge is -2.30. The first-order chi connectivity index (χ1) is 9.51. The quantitative estimate of drug-likeness (QED) is 0.896. The summed E-state index contributed by atoms with van der Waals surface area (Å²) < 4.78 is 0. The van der Waals surface area contributed by atoms with Crippen molar-refractivity contribution in [1.82, 2.24) is 4.90 Å². The molecule has 0 spiro atoms. The Morgan fingerprint density at radius 2 is 1.95 bits per heavy atom. The third-order valence-electron chi connectivity index (χ3n) is 4.27. The molecule has 0 aliphatic carbocycles. The van der Waals surface area contributed by atoms with E-state index in [1.54, 1.807) is 11.3 Å². The number of piperidine rings is 1. The Bertz CT molecular complexity index is 476. The number of nitrogens with one attached hydrogen (secondary N) is 1. The van der Waals surface area contributed by atoms with Gasteiger partial charge in [-0.05, 0) is 63.7 Å². The number of aryl methyl sites for hydroxylation is 1. The van der Waals surface area contributed by atoms with Crippen LogP contribution in [0.3, 0.4) is 0 Å². The summed E-state index contributed by atoms with van der Waals surface area (Å²) in [6, 6.07) is 0. The van der Waals surface area contributed by atoms with Crippen LogP contribution >= 0.6 is 11.3 Å². The highest BCUT2D eigenvalue weighted by Gasteiger charge is 2.20. The van der Waals surface area contributed by atoms with Crippen LogP contribution in [0.5, 0.6) is 0 Å². The predicted molar refractivity (Wildman–Crippen MR) is 83.4 cm³/mol. The van der Waals surface area contributed by atoms with Crippen LogP contribution in [0.1, 0.15) is 28.8 Å². The lowest BCUT2D eigenvalue weighted by atomic mass is 9.98. The van der Waals surface area contributed by atoms with Gasteiger partial charge in [0.1, 0.15) is 0 Å². The molecule has 1 aliphatic rings. The number of aliphatic hydroxyl groups excluding tert-OH is 1. The number of aliphatic hydroxyl groups is 1. The lowest BCUT2D eigenvalue weighted by molar-refractivity contribution is -0.117. The van der Waals surface area contributed by atoms with Gasteiger partial charge in [0.05, 0.1) is 11.5 Å². The molecule has 1 aliphatic heterocycles. The molecule has 4 nitrogen and oxygen atoms in total. The Hall–Kier alpha value is -0.910. The van der Waals surface area contributed by atoms with E-state index in [4.69, 9.17) is 5.11 Å². The van der Waals surface area contributed by atoms with Crippen LogP contribution in [-0.4, -0.2) is 42.2 Å². The molecule has 1 aromatic heterocycles. The predicted octanol–water partition coefficient (Wildman–Crippen LogP) is 2.32. The zero-order valence-electron chi connectivity index (χ0n) is 12.5. The topological polar surface area (TPSA) is 52.6 Å². The average Bonchev–Trinajstić information content (AvgIpc) is 2.67. The summed E-state index contributed by atoms with van der Waals surface area (Å²) >= 11 is 1.65. The van der Waals surface area contributed by atoms with Crippen LogP contribution < -0.4 is 5.32 Å². The highest BCUT2D eigenvalue weighted by molar-refractivity contribution is 7.16. The van der Waals surface area contributed by atoms with Crippen LogP contribution in [0.4, 0.5) is 5.00 Å². The van der Waals surface area contributed by atoms with E-state index in [2.05, 4.69) is 31.0 Å². The fourth-order valence-electron chi connectivity index (χ4n) is 2.56. The van der Waals surface area contributed by atoms with Crippen molar-refractivity contribution < 1.29 is 9.90 Å². The molecular weight excluding hydrogens is 272 g/mol. The smallest absolute Gasteiger partial charge is 0.239 e. The molecule has 0 atom stereocenters. The normalized spacial score (nSPS) is 17.4. The molecule has 20 heavy (non-hydrogen) atoms. The van der Waals surface area contributed by atoms with Gasteiger partial charge < -0.3 is 10.4 Å². The second-order valence-electron chi connectivity index (χ2n) is 5.69. The zero-order chi connectivity index (χ0) is 14.7. The van der Waals surface area contributed by atoms with Crippen molar-refractivity contribution in [1.29, 1.82) is 0 Å². The number of rotatable bonds is 4. The summed E-state index contributed by atoms with van der Waals surface area (Å²) in [5.74, 6) is 0.482. The molecule has 112 valence electrons. The van der Waals surface area contributed by atoms with E-state index < -0.39 is 0 Å². The highest BCUT2D eigenvalue weighted by Crippen LogP contribution is 2.31. The Morgan fingerprint density at radius 1 is 1.30 bits per heavy atom. The Kier molecular flexibility index (Phi) is 5.18. The number of carbonyl (C=O) groups excluding carboxylic acids is 1. The van der Waals surface area contributed by atoms with Gasteiger partial charge >= 0.3 is 0 Å². The Morgan fingerprint density at radius 3 is 2.45 bits per heavy atom. The monoisotopic (exact) mass is 296 g/mol. The molecular formula is C15H24N2O2S. The van der Waals surface area contributed by atoms with Gasteiger partial charge in [-0.15, -0.1) is 11.3 Å². The fraction of sp³-hybridized carbons (Fsp3) is 0.667. The van der Waals surface area contributed by atoms with Crippen LogP contribution in [0, 0.1) is 26.7 Å². The second-order valence-corrected chi connectivity index (χ2v) is 6.91. The van der Waals surface area contributed by atoms with Gasteiger partial charge in [0.25, 0.3) is 0 Å². The first-order valence-electron chi connectivity index (χ1n) is 7.21. The number of nitrogens with zero attached hydrogens (tertiary/aromatic N) is 1. The van der Waals surface area contributed by atoms with Crippen LogP contribution in [0.2, 0.25) is 0 Å². The summed E-state index contributed by atoms with van der Waals surface area (Å²) in [7, 11) is 0. The van der Waals surface area contributed by atoms with Gasteiger partial charge in [-0.3, -0.25) is 9.69 Å². The van der Waals surface area contributed by atoms with Crippen LogP contribution in [0.25, 0.3) is 0 Å². The molecule has 2 N–H and O–H groups in total. The number of likely N-dealkylation sites (tertiary alicyclic amines) is 1. The number of hydrogen-bond acceptors (Lipinski definition) is 4. The third kappa shape index (κ3) is 3.59. The van der Waals surface area contributed by atoms with E-state index in [9.17, 15) is 4.79 Å². The van der Waals surface area contributed by atoms with Crippen molar-refractivity contribution in [3.63, 3.8) is 0 Å². The minimum atomic E-state index is 0.0665. The van der Waals surface area contributed by atoms with Crippen molar-refractivity contribution in [2.24, 2.45) is 5.92 Å². The second kappa shape index (κ2) is 6.70. The van der Waals surface area contributed by atoms with Crippen molar-refractivity contribution in [2.45, 2.75) is 33.6 Å². The molecule has 1 fully saturated rings. The maximum atomic E-state index is 12.1. The molecule has 0 radical (unpaired) electrons. The fourth-order valence-corrected chi connectivity index (χ4v) is 3.64. The van der Waals surface area contributed by atoms with Crippen molar-refractivity contribution in [2.75, 3.05) is 31.6 Å². The first kappa shape index (κ1) is 15.5. The molecule has 0 aromatic carbocycles. The van der Waals surface area contributed by atoms with E-state index >= 15 is 0 Å². The van der Waals surface area contributed by atoms with Gasteiger partial charge in [0, 0.05) is 11.5 Å². The van der Waals surface area contributed by atoms with E-state index in [1.165, 1.54) is 16.0 Å². The van der Waals surface area contributed by atoms with E-state index in [0.29, 0.717) is 12.5 Å². The lowest BCUT2D eigenvalue weighted by Crippen LogP contribution is -2.39. The molecule has 2 heterocycles. The van der Waals surface area contributed by atoms with Crippen molar-refractivity contribution in [3.8, 4) is 0 Å². The largest absolute Gasteiger partial charge is 0.396 e. The molecule has 1 saturated heterocycles. The molecule has 1 amide bonds. The molecule has 0 bridgehead atoms. The van der Waals surface area contributed by atoms with Gasteiger partial charge in [0.15, 0.2) is 0 Å². The number of thiophene rings is 1. The number of carbonyl (C=O) groups is 1. The molecule has 0 saturated carbocycles. The minimum Gasteiger partial charge on any atom is -0.396 e. The van der Waals surface area contributed by atoms with Gasteiger partial charge in [-0.1, -0.05) is 0 Å². The molecule has 5 heteroatoms. The third-order valence-corrected chi connectivity index (χ3v) is 5.50. The molecule has 2 rings (SSSR count). The standard InChI is InChI=1S/C15H24N2O2S/c1-10-11(2)15(20-12(10)3)16-14(19)8-17-6-4-13(9-18)5-7-17/h13,18H,4-9H2,1-3H3,(H,16,19). The van der Waals surface area contributed by atoms with Crippen LogP contribution in [-0.2, 0) is 4.79 Å². The SMILES string of the molecule is Cc1sc(NC(=O)CN2CCC(CO)CC2)c(C)c1C. The van der Waals surface area contributed by atoms with Gasteiger partial charge in [0.2, 0.25) is 5.91 Å². The van der Waals surface area contributed by atoms with Crippen LogP contribution in [0.15, 0.2) is 0 Å². The number of anilines is 1. The van der Waals surface area contributed by atoms with Crippen molar-refractivity contribution in [3.05, 3.63) is 16.0 Å². The molecule has 0 unspecified atom stereocenters. The number of hydrogen-bond donors (Lipinski definition) is 2. The summed E-state index contributed by atoms with van der Waals surface area (Å²) in [5.41, 5.74) is 2.45. The average molecular weight is 296 g/mol.